The number of hydrogen-bond acceptors (Lipinski definition) is 3. The molecule has 246 valence electrons. The summed E-state index contributed by atoms with van der Waals surface area (Å²) in [6, 6.07) is 63.7. The summed E-state index contributed by atoms with van der Waals surface area (Å²) in [6.07, 6.45) is 1.92. The van der Waals surface area contributed by atoms with E-state index in [4.69, 9.17) is 9.97 Å². The fourth-order valence-corrected chi connectivity index (χ4v) is 9.10. The Bertz CT molecular complexity index is 3210. The van der Waals surface area contributed by atoms with Gasteiger partial charge in [0.1, 0.15) is 0 Å². The first kappa shape index (κ1) is 30.0. The van der Waals surface area contributed by atoms with Crippen LogP contribution in [-0.4, -0.2) is 9.97 Å². The molecule has 0 saturated carbocycles. The maximum Gasteiger partial charge on any atom is 0.0979 e. The summed E-state index contributed by atoms with van der Waals surface area (Å²) in [5, 5.41) is 9.79. The van der Waals surface area contributed by atoms with Crippen molar-refractivity contribution in [1.29, 1.82) is 0 Å². The second-order valence-corrected chi connectivity index (χ2v) is 14.9. The SMILES string of the molecule is c1cc(-c2cccc(-c3cnc4c5ccccc5c5ccccc5c4n3)c2)cc(-c2ccc3cc(-c4ccc5sc6ccccc6c5c4)ccc3c2)c1. The summed E-state index contributed by atoms with van der Waals surface area (Å²) < 4.78 is 2.67. The molecule has 0 amide bonds. The zero-order chi connectivity index (χ0) is 34.9. The lowest BCUT2D eigenvalue weighted by atomic mass is 9.95. The number of hydrogen-bond donors (Lipinski definition) is 0. The third kappa shape index (κ3) is 5.01. The molecule has 9 aromatic carbocycles. The number of thiophene rings is 1. The first-order chi connectivity index (χ1) is 26.2. The van der Waals surface area contributed by atoms with E-state index in [0.29, 0.717) is 0 Å². The van der Waals surface area contributed by atoms with Gasteiger partial charge in [-0.1, -0.05) is 133 Å². The van der Waals surface area contributed by atoms with E-state index in [1.165, 1.54) is 69.5 Å². The minimum Gasteiger partial charge on any atom is -0.252 e. The molecule has 53 heavy (non-hydrogen) atoms. The van der Waals surface area contributed by atoms with Gasteiger partial charge in [-0.25, -0.2) is 4.98 Å². The first-order valence-corrected chi connectivity index (χ1v) is 18.8. The fraction of sp³-hybridized carbons (Fsp3) is 0. The Hall–Kier alpha value is -6.68. The molecule has 11 aromatic rings. The molecule has 0 unspecified atom stereocenters. The summed E-state index contributed by atoms with van der Waals surface area (Å²) in [6.45, 7) is 0. The molecule has 0 fully saturated rings. The maximum atomic E-state index is 5.24. The van der Waals surface area contributed by atoms with Crippen LogP contribution in [-0.2, 0) is 0 Å². The van der Waals surface area contributed by atoms with Crippen LogP contribution in [0.1, 0.15) is 0 Å². The molecule has 0 atom stereocenters. The van der Waals surface area contributed by atoms with Crippen molar-refractivity contribution in [3.8, 4) is 44.6 Å². The molecule has 0 aliphatic rings. The molecule has 0 N–H and O–H groups in total. The van der Waals surface area contributed by atoms with Crippen molar-refractivity contribution in [1.82, 2.24) is 9.97 Å². The van der Waals surface area contributed by atoms with E-state index in [1.807, 2.05) is 17.5 Å². The molecule has 0 aliphatic carbocycles. The molecule has 2 aromatic heterocycles. The summed E-state index contributed by atoms with van der Waals surface area (Å²) in [5.74, 6) is 0. The number of aromatic nitrogens is 2. The molecule has 0 spiro atoms. The lowest BCUT2D eigenvalue weighted by Crippen LogP contribution is -1.92. The van der Waals surface area contributed by atoms with Gasteiger partial charge in [-0.2, -0.15) is 0 Å². The lowest BCUT2D eigenvalue weighted by Gasteiger charge is -2.11. The van der Waals surface area contributed by atoms with Gasteiger partial charge in [-0.3, -0.25) is 4.98 Å². The molecule has 2 heterocycles. The van der Waals surface area contributed by atoms with E-state index in [-0.39, 0.29) is 0 Å². The van der Waals surface area contributed by atoms with Gasteiger partial charge in [0.05, 0.1) is 22.9 Å². The van der Waals surface area contributed by atoms with Crippen LogP contribution in [0.15, 0.2) is 182 Å². The average molecular weight is 691 g/mol. The van der Waals surface area contributed by atoms with Crippen LogP contribution in [0.4, 0.5) is 0 Å². The predicted molar refractivity (Wildman–Crippen MR) is 227 cm³/mol. The van der Waals surface area contributed by atoms with Crippen molar-refractivity contribution in [2.75, 3.05) is 0 Å². The van der Waals surface area contributed by atoms with E-state index in [0.717, 1.165) is 38.6 Å². The fourth-order valence-electron chi connectivity index (χ4n) is 8.01. The largest absolute Gasteiger partial charge is 0.252 e. The Morgan fingerprint density at radius 2 is 0.811 bits per heavy atom. The van der Waals surface area contributed by atoms with Gasteiger partial charge in [-0.15, -0.1) is 11.3 Å². The van der Waals surface area contributed by atoms with Gasteiger partial charge in [-0.05, 0) is 97.4 Å². The van der Waals surface area contributed by atoms with E-state index < -0.39 is 0 Å². The first-order valence-electron chi connectivity index (χ1n) is 18.0. The highest BCUT2D eigenvalue weighted by Crippen LogP contribution is 2.38. The normalized spacial score (nSPS) is 11.8. The zero-order valence-corrected chi connectivity index (χ0v) is 29.4. The second-order valence-electron chi connectivity index (χ2n) is 13.8. The van der Waals surface area contributed by atoms with Gasteiger partial charge in [0, 0.05) is 36.5 Å². The monoisotopic (exact) mass is 690 g/mol. The summed E-state index contributed by atoms with van der Waals surface area (Å²) >= 11 is 1.86. The van der Waals surface area contributed by atoms with Crippen molar-refractivity contribution in [3.63, 3.8) is 0 Å². The quantitative estimate of drug-likeness (QED) is 0.172. The molecule has 3 heteroatoms. The number of benzene rings is 9. The minimum absolute atomic E-state index is 0.869. The maximum absolute atomic E-state index is 5.24. The van der Waals surface area contributed by atoms with Gasteiger partial charge >= 0.3 is 0 Å². The van der Waals surface area contributed by atoms with Crippen LogP contribution in [0, 0.1) is 0 Å². The topological polar surface area (TPSA) is 25.8 Å². The number of nitrogens with zero attached hydrogens (tertiary/aromatic N) is 2. The van der Waals surface area contributed by atoms with E-state index in [1.54, 1.807) is 0 Å². The predicted octanol–water partition coefficient (Wildman–Crippen LogP) is 14.1. The molecule has 0 radical (unpaired) electrons. The molecule has 0 saturated heterocycles. The highest BCUT2D eigenvalue weighted by Gasteiger charge is 2.13. The highest BCUT2D eigenvalue weighted by molar-refractivity contribution is 7.25. The molecule has 11 rings (SSSR count). The van der Waals surface area contributed by atoms with Gasteiger partial charge in [0.2, 0.25) is 0 Å². The van der Waals surface area contributed by atoms with Crippen LogP contribution in [0.2, 0.25) is 0 Å². The van der Waals surface area contributed by atoms with Gasteiger partial charge in [0.15, 0.2) is 0 Å². The Labute approximate surface area is 310 Å². The lowest BCUT2D eigenvalue weighted by molar-refractivity contribution is 1.31. The average Bonchev–Trinajstić information content (AvgIpc) is 3.61. The summed E-state index contributed by atoms with van der Waals surface area (Å²) in [7, 11) is 0. The zero-order valence-electron chi connectivity index (χ0n) is 28.6. The van der Waals surface area contributed by atoms with Crippen molar-refractivity contribution in [2.24, 2.45) is 0 Å². The van der Waals surface area contributed by atoms with E-state index >= 15 is 0 Å². The smallest absolute Gasteiger partial charge is 0.0979 e. The van der Waals surface area contributed by atoms with Crippen molar-refractivity contribution < 1.29 is 0 Å². The third-order valence-electron chi connectivity index (χ3n) is 10.7. The van der Waals surface area contributed by atoms with Crippen molar-refractivity contribution in [2.45, 2.75) is 0 Å². The van der Waals surface area contributed by atoms with E-state index in [9.17, 15) is 0 Å². The Kier molecular flexibility index (Phi) is 6.76. The standard InChI is InChI=1S/C50H30N2S/c1-3-16-43-40(13-1)41-14-2-4-17-44(41)50-49(43)51-30-46(52-50)39-12-8-11-33(28-39)31-9-7-10-32(25-31)34-19-20-36-27-37(22-21-35(36)26-34)38-23-24-48-45(29-38)42-15-5-6-18-47(42)53-48/h1-30H. The Morgan fingerprint density at radius 1 is 0.321 bits per heavy atom. The van der Waals surface area contributed by atoms with Gasteiger partial charge in [0.25, 0.3) is 0 Å². The van der Waals surface area contributed by atoms with Crippen LogP contribution in [0.5, 0.6) is 0 Å². The minimum atomic E-state index is 0.869. The number of fused-ring (bicyclic) bond motifs is 10. The molecule has 0 aliphatic heterocycles. The van der Waals surface area contributed by atoms with Crippen LogP contribution in [0.3, 0.4) is 0 Å². The van der Waals surface area contributed by atoms with Crippen LogP contribution < -0.4 is 0 Å². The third-order valence-corrected chi connectivity index (χ3v) is 11.8. The molecule has 0 bridgehead atoms. The van der Waals surface area contributed by atoms with Crippen molar-refractivity contribution in [3.05, 3.63) is 182 Å². The van der Waals surface area contributed by atoms with Crippen LogP contribution in [0.25, 0.3) is 108 Å². The van der Waals surface area contributed by atoms with Crippen LogP contribution >= 0.6 is 11.3 Å². The molecular weight excluding hydrogens is 661 g/mol. The summed E-state index contributed by atoms with van der Waals surface area (Å²) in [5.41, 5.74) is 11.0. The Balaban J connectivity index is 0.928. The second kappa shape index (κ2) is 11.9. The van der Waals surface area contributed by atoms with E-state index in [2.05, 4.69) is 176 Å². The Morgan fingerprint density at radius 3 is 1.49 bits per heavy atom. The van der Waals surface area contributed by atoms with Crippen molar-refractivity contribution >= 4 is 74.9 Å². The summed E-state index contributed by atoms with van der Waals surface area (Å²) in [4.78, 5) is 10.2. The highest BCUT2D eigenvalue weighted by atomic mass is 32.1. The van der Waals surface area contributed by atoms with Gasteiger partial charge < -0.3 is 0 Å². The number of rotatable bonds is 4. The molecule has 2 nitrogen and oxygen atoms in total. The molecular formula is C50H30N2S.